The van der Waals surface area contributed by atoms with Crippen molar-refractivity contribution >= 4 is 14.0 Å². The Hall–Kier alpha value is -0.573. The van der Waals surface area contributed by atoms with Gasteiger partial charge in [-0.25, -0.2) is 0 Å². The van der Waals surface area contributed by atoms with Gasteiger partial charge in [0.2, 0.25) is 0 Å². The Balaban J connectivity index is 2.83. The molecule has 86 valence electrons. The van der Waals surface area contributed by atoms with Crippen LogP contribution in [-0.2, 0) is 9.53 Å². The molecule has 0 spiro atoms. The Kier molecular flexibility index (Phi) is 4.14. The Morgan fingerprint density at radius 2 is 2.07 bits per heavy atom. The molecular weight excluding hydrogens is 204 g/mol. The van der Waals surface area contributed by atoms with Crippen molar-refractivity contribution < 1.29 is 9.53 Å². The van der Waals surface area contributed by atoms with Crippen molar-refractivity contribution in [2.24, 2.45) is 0 Å². The number of rotatable bonds is 2. The maximum absolute atomic E-state index is 11.1. The lowest BCUT2D eigenvalue weighted by Gasteiger charge is -2.27. The van der Waals surface area contributed by atoms with Crippen LogP contribution < -0.4 is 0 Å². The summed E-state index contributed by atoms with van der Waals surface area (Å²) >= 11 is 0. The second-order valence-corrected chi connectivity index (χ2v) is 10.4. The molecule has 1 aliphatic rings. The Bertz CT molecular complexity index is 263. The normalized spacial score (nSPS) is 22.9. The molecule has 3 heteroatoms. The third-order valence-corrected chi connectivity index (χ3v) is 5.06. The van der Waals surface area contributed by atoms with Crippen LogP contribution in [0.1, 0.15) is 32.6 Å². The molecule has 1 atom stereocenters. The van der Waals surface area contributed by atoms with Gasteiger partial charge in [-0.2, -0.15) is 0 Å². The molecule has 1 unspecified atom stereocenters. The van der Waals surface area contributed by atoms with Crippen molar-refractivity contribution in [1.29, 1.82) is 0 Å². The fourth-order valence-corrected chi connectivity index (χ4v) is 4.06. The van der Waals surface area contributed by atoms with Crippen molar-refractivity contribution in [2.45, 2.75) is 58.4 Å². The quantitative estimate of drug-likeness (QED) is 0.533. The maximum atomic E-state index is 11.1. The summed E-state index contributed by atoms with van der Waals surface area (Å²) in [6, 6.07) is 0. The zero-order valence-electron chi connectivity index (χ0n) is 10.3. The van der Waals surface area contributed by atoms with Gasteiger partial charge in [0.1, 0.15) is 6.10 Å². The average molecular weight is 226 g/mol. The molecule has 0 aromatic carbocycles. The minimum Gasteiger partial charge on any atom is -0.458 e. The van der Waals surface area contributed by atoms with Crippen LogP contribution >= 0.6 is 0 Å². The molecule has 0 N–H and O–H groups in total. The highest BCUT2D eigenvalue weighted by atomic mass is 28.3. The molecular formula is C12H22O2Si. The molecule has 0 heterocycles. The van der Waals surface area contributed by atoms with E-state index in [1.54, 1.807) is 0 Å². The van der Waals surface area contributed by atoms with E-state index < -0.39 is 8.07 Å². The minimum absolute atomic E-state index is 0.0664. The van der Waals surface area contributed by atoms with E-state index in [1.807, 2.05) is 0 Å². The van der Waals surface area contributed by atoms with Crippen LogP contribution in [0.15, 0.2) is 11.3 Å². The number of carbonyl (C=O) groups excluding carboxylic acids is 1. The maximum Gasteiger partial charge on any atom is 0.303 e. The number of esters is 1. The van der Waals surface area contributed by atoms with Gasteiger partial charge >= 0.3 is 5.97 Å². The fraction of sp³-hybridized carbons (Fsp3) is 0.750. The van der Waals surface area contributed by atoms with Gasteiger partial charge < -0.3 is 4.74 Å². The Labute approximate surface area is 93.7 Å². The van der Waals surface area contributed by atoms with Crippen molar-refractivity contribution in [3.63, 3.8) is 0 Å². The number of hydrogen-bond acceptors (Lipinski definition) is 2. The lowest BCUT2D eigenvalue weighted by atomic mass is 10.2. The smallest absolute Gasteiger partial charge is 0.303 e. The fourth-order valence-electron chi connectivity index (χ4n) is 2.13. The SMILES string of the molecule is CC(=O)OC1CCCCC=C1[Si](C)(C)C. The third-order valence-electron chi connectivity index (χ3n) is 2.81. The van der Waals surface area contributed by atoms with E-state index in [-0.39, 0.29) is 12.1 Å². The molecule has 0 aromatic heterocycles. The van der Waals surface area contributed by atoms with E-state index in [0.29, 0.717) is 0 Å². The minimum atomic E-state index is -1.33. The van der Waals surface area contributed by atoms with Gasteiger partial charge in [-0.3, -0.25) is 4.79 Å². The van der Waals surface area contributed by atoms with Gasteiger partial charge in [-0.05, 0) is 30.9 Å². The van der Waals surface area contributed by atoms with Crippen LogP contribution in [0, 0.1) is 0 Å². The highest BCUT2D eigenvalue weighted by molar-refractivity contribution is 6.83. The number of carbonyl (C=O) groups is 1. The monoisotopic (exact) mass is 226 g/mol. The zero-order valence-corrected chi connectivity index (χ0v) is 11.3. The van der Waals surface area contributed by atoms with Crippen molar-refractivity contribution in [1.82, 2.24) is 0 Å². The van der Waals surface area contributed by atoms with Crippen molar-refractivity contribution in [3.8, 4) is 0 Å². The van der Waals surface area contributed by atoms with Gasteiger partial charge in [0.15, 0.2) is 0 Å². The first-order valence-corrected chi connectivity index (χ1v) is 9.29. The van der Waals surface area contributed by atoms with E-state index in [1.165, 1.54) is 25.0 Å². The van der Waals surface area contributed by atoms with E-state index in [4.69, 9.17) is 4.74 Å². The lowest BCUT2D eigenvalue weighted by molar-refractivity contribution is -0.144. The second-order valence-electron chi connectivity index (χ2n) is 5.29. The molecule has 0 bridgehead atoms. The first-order chi connectivity index (χ1) is 6.91. The average Bonchev–Trinajstić information content (AvgIpc) is 2.27. The molecule has 0 aromatic rings. The highest BCUT2D eigenvalue weighted by Gasteiger charge is 2.29. The molecule has 0 saturated heterocycles. The van der Waals surface area contributed by atoms with E-state index in [2.05, 4.69) is 25.7 Å². The summed E-state index contributed by atoms with van der Waals surface area (Å²) in [6.45, 7) is 8.47. The first-order valence-electron chi connectivity index (χ1n) is 5.79. The molecule has 0 saturated carbocycles. The highest BCUT2D eigenvalue weighted by Crippen LogP contribution is 2.28. The zero-order chi connectivity index (χ0) is 11.5. The van der Waals surface area contributed by atoms with E-state index in [9.17, 15) is 4.79 Å². The van der Waals surface area contributed by atoms with E-state index >= 15 is 0 Å². The molecule has 2 nitrogen and oxygen atoms in total. The summed E-state index contributed by atoms with van der Waals surface area (Å²) in [6.07, 6.45) is 6.95. The number of ether oxygens (including phenoxy) is 1. The molecule has 1 aliphatic carbocycles. The summed E-state index contributed by atoms with van der Waals surface area (Å²) in [7, 11) is -1.33. The van der Waals surface area contributed by atoms with Gasteiger partial charge in [0.05, 0.1) is 8.07 Å². The molecule has 0 aliphatic heterocycles. The summed E-state index contributed by atoms with van der Waals surface area (Å²) in [4.78, 5) is 11.1. The van der Waals surface area contributed by atoms with Crippen LogP contribution in [0.2, 0.25) is 19.6 Å². The topological polar surface area (TPSA) is 26.3 Å². The summed E-state index contributed by atoms with van der Waals surface area (Å²) in [5, 5.41) is 1.43. The van der Waals surface area contributed by atoms with Crippen molar-refractivity contribution in [2.75, 3.05) is 0 Å². The Morgan fingerprint density at radius 1 is 1.40 bits per heavy atom. The number of allylic oxidation sites excluding steroid dienone is 1. The summed E-state index contributed by atoms with van der Waals surface area (Å²) < 4.78 is 5.44. The van der Waals surface area contributed by atoms with Crippen LogP contribution in [0.5, 0.6) is 0 Å². The second kappa shape index (κ2) is 4.97. The first kappa shape index (κ1) is 12.5. The molecule has 0 radical (unpaired) electrons. The molecule has 1 rings (SSSR count). The molecule has 0 fully saturated rings. The van der Waals surface area contributed by atoms with Gasteiger partial charge in [-0.15, -0.1) is 0 Å². The van der Waals surface area contributed by atoms with Crippen LogP contribution in [0.3, 0.4) is 0 Å². The molecule has 15 heavy (non-hydrogen) atoms. The van der Waals surface area contributed by atoms with E-state index in [0.717, 1.165) is 12.8 Å². The summed E-state index contributed by atoms with van der Waals surface area (Å²) in [5.41, 5.74) is 0. The third kappa shape index (κ3) is 3.82. The Morgan fingerprint density at radius 3 is 2.60 bits per heavy atom. The van der Waals surface area contributed by atoms with Crippen molar-refractivity contribution in [3.05, 3.63) is 11.3 Å². The predicted octanol–water partition coefficient (Wildman–Crippen LogP) is 3.30. The van der Waals surface area contributed by atoms with Gasteiger partial charge in [0.25, 0.3) is 0 Å². The predicted molar refractivity (Wildman–Crippen MR) is 65.5 cm³/mol. The van der Waals surface area contributed by atoms with Crippen LogP contribution in [0.4, 0.5) is 0 Å². The largest absolute Gasteiger partial charge is 0.458 e. The molecule has 0 amide bonds. The van der Waals surface area contributed by atoms with Crippen LogP contribution in [0.25, 0.3) is 0 Å². The van der Waals surface area contributed by atoms with Gasteiger partial charge in [0, 0.05) is 6.92 Å². The lowest BCUT2D eigenvalue weighted by Crippen LogP contribution is -2.34. The number of hydrogen-bond donors (Lipinski definition) is 0. The standard InChI is InChI=1S/C12H22O2Si/c1-10(13)14-11-8-6-5-7-9-12(11)15(2,3)4/h9,11H,5-8H2,1-4H3. The van der Waals surface area contributed by atoms with Crippen LogP contribution in [-0.4, -0.2) is 20.1 Å². The summed E-state index contributed by atoms with van der Waals surface area (Å²) in [5.74, 6) is -0.147. The van der Waals surface area contributed by atoms with Gasteiger partial charge in [-0.1, -0.05) is 25.7 Å².